The van der Waals surface area contributed by atoms with Gasteiger partial charge in [0.1, 0.15) is 5.75 Å². The van der Waals surface area contributed by atoms with Crippen LogP contribution in [0.5, 0.6) is 5.75 Å². The Balaban J connectivity index is 1.88. The van der Waals surface area contributed by atoms with Crippen LogP contribution < -0.4 is 10.1 Å². The van der Waals surface area contributed by atoms with E-state index >= 15 is 0 Å². The van der Waals surface area contributed by atoms with Crippen molar-refractivity contribution in [2.45, 2.75) is 19.3 Å². The van der Waals surface area contributed by atoms with Crippen LogP contribution in [0.2, 0.25) is 5.02 Å². The van der Waals surface area contributed by atoms with Crippen LogP contribution in [0.4, 0.5) is 5.69 Å². The number of carbonyl (C=O) groups is 1. The van der Waals surface area contributed by atoms with Gasteiger partial charge in [0.15, 0.2) is 0 Å². The molecule has 0 unspecified atom stereocenters. The van der Waals surface area contributed by atoms with Gasteiger partial charge in [0, 0.05) is 27.8 Å². The second-order valence-corrected chi connectivity index (χ2v) is 6.64. The smallest absolute Gasteiger partial charge is 0.234 e. The molecule has 4 nitrogen and oxygen atoms in total. The fraction of sp³-hybridized carbons (Fsp3) is 0.211. The summed E-state index contributed by atoms with van der Waals surface area (Å²) in [6.07, 6.45) is 1.87. The minimum atomic E-state index is -0.702. The Labute approximate surface area is 145 Å². The zero-order chi connectivity index (χ0) is 17.3. The lowest BCUT2D eigenvalue weighted by Crippen LogP contribution is -2.34. The average molecular weight is 343 g/mol. The first-order chi connectivity index (χ1) is 11.4. The van der Waals surface area contributed by atoms with E-state index in [1.165, 1.54) is 0 Å². The number of amides is 1. The lowest BCUT2D eigenvalue weighted by Gasteiger charge is -2.23. The van der Waals surface area contributed by atoms with Crippen LogP contribution in [0.3, 0.4) is 0 Å². The van der Waals surface area contributed by atoms with Gasteiger partial charge in [0.25, 0.3) is 0 Å². The largest absolute Gasteiger partial charge is 0.497 e. The number of methoxy groups -OCH3 is 1. The number of aromatic nitrogens is 1. The average Bonchev–Trinajstić information content (AvgIpc) is 2.99. The van der Waals surface area contributed by atoms with Crippen LogP contribution in [0.25, 0.3) is 10.9 Å². The number of hydrogen-bond donors (Lipinski definition) is 2. The molecular weight excluding hydrogens is 324 g/mol. The molecule has 0 atom stereocenters. The highest BCUT2D eigenvalue weighted by Gasteiger charge is 2.32. The van der Waals surface area contributed by atoms with Crippen molar-refractivity contribution in [3.05, 3.63) is 59.2 Å². The van der Waals surface area contributed by atoms with Crippen LogP contribution in [-0.2, 0) is 10.2 Å². The molecule has 0 fully saturated rings. The van der Waals surface area contributed by atoms with Crippen molar-refractivity contribution < 1.29 is 9.53 Å². The number of ether oxygens (including phenoxy) is 1. The Morgan fingerprint density at radius 2 is 1.88 bits per heavy atom. The number of halogens is 1. The molecule has 0 aliphatic heterocycles. The Bertz CT molecular complexity index is 882. The maximum atomic E-state index is 12.8. The lowest BCUT2D eigenvalue weighted by atomic mass is 9.83. The van der Waals surface area contributed by atoms with E-state index < -0.39 is 5.41 Å². The number of aromatic amines is 1. The molecule has 124 valence electrons. The summed E-state index contributed by atoms with van der Waals surface area (Å²) in [6, 6.07) is 12.9. The molecule has 1 heterocycles. The van der Waals surface area contributed by atoms with Crippen LogP contribution >= 0.6 is 11.6 Å². The number of rotatable bonds is 4. The molecular formula is C19H19ClN2O2. The normalized spacial score (nSPS) is 11.5. The molecule has 1 amide bonds. The van der Waals surface area contributed by atoms with Crippen LogP contribution in [0.15, 0.2) is 48.7 Å². The van der Waals surface area contributed by atoms with Crippen LogP contribution in [0.1, 0.15) is 19.4 Å². The molecule has 1 aromatic heterocycles. The Morgan fingerprint density at radius 1 is 1.17 bits per heavy atom. The number of hydrogen-bond acceptors (Lipinski definition) is 2. The summed E-state index contributed by atoms with van der Waals surface area (Å²) in [5.74, 6) is 0.671. The van der Waals surface area contributed by atoms with Gasteiger partial charge in [-0.2, -0.15) is 0 Å². The summed E-state index contributed by atoms with van der Waals surface area (Å²) in [4.78, 5) is 16.0. The van der Waals surface area contributed by atoms with Crippen molar-refractivity contribution in [3.63, 3.8) is 0 Å². The van der Waals surface area contributed by atoms with E-state index in [9.17, 15) is 4.79 Å². The molecule has 0 aliphatic rings. The van der Waals surface area contributed by atoms with Gasteiger partial charge in [-0.1, -0.05) is 17.7 Å². The number of anilines is 1. The number of nitrogens with one attached hydrogen (secondary N) is 2. The van der Waals surface area contributed by atoms with Crippen molar-refractivity contribution in [2.24, 2.45) is 0 Å². The van der Waals surface area contributed by atoms with Crippen molar-refractivity contribution >= 4 is 34.1 Å². The van der Waals surface area contributed by atoms with Crippen molar-refractivity contribution in [1.82, 2.24) is 4.98 Å². The molecule has 0 aliphatic carbocycles. The third kappa shape index (κ3) is 2.97. The summed E-state index contributed by atoms with van der Waals surface area (Å²) in [7, 11) is 1.61. The van der Waals surface area contributed by atoms with E-state index in [1.807, 2.05) is 62.5 Å². The van der Waals surface area contributed by atoms with Gasteiger partial charge >= 0.3 is 0 Å². The molecule has 24 heavy (non-hydrogen) atoms. The molecule has 5 heteroatoms. The third-order valence-electron chi connectivity index (χ3n) is 4.23. The topological polar surface area (TPSA) is 54.1 Å². The van der Waals surface area contributed by atoms with E-state index in [-0.39, 0.29) is 5.91 Å². The van der Waals surface area contributed by atoms with Crippen LogP contribution in [-0.4, -0.2) is 18.0 Å². The summed E-state index contributed by atoms with van der Waals surface area (Å²) < 4.78 is 5.13. The lowest BCUT2D eigenvalue weighted by molar-refractivity contribution is -0.120. The van der Waals surface area contributed by atoms with Gasteiger partial charge < -0.3 is 15.0 Å². The number of fused-ring (bicyclic) bond motifs is 1. The summed E-state index contributed by atoms with van der Waals surface area (Å²) in [5, 5.41) is 4.62. The summed E-state index contributed by atoms with van der Waals surface area (Å²) >= 11 is 6.03. The van der Waals surface area contributed by atoms with E-state index in [0.717, 1.165) is 27.9 Å². The first kappa shape index (κ1) is 16.4. The second kappa shape index (κ2) is 6.21. The quantitative estimate of drug-likeness (QED) is 0.719. The predicted octanol–water partition coefficient (Wildman–Crippen LogP) is 4.75. The summed E-state index contributed by atoms with van der Waals surface area (Å²) in [6.45, 7) is 3.81. The zero-order valence-electron chi connectivity index (χ0n) is 13.8. The maximum absolute atomic E-state index is 12.8. The van der Waals surface area contributed by atoms with Crippen molar-refractivity contribution in [1.29, 1.82) is 0 Å². The van der Waals surface area contributed by atoms with Gasteiger partial charge in [0.05, 0.1) is 12.5 Å². The molecule has 3 rings (SSSR count). The zero-order valence-corrected chi connectivity index (χ0v) is 14.6. The predicted molar refractivity (Wildman–Crippen MR) is 98.0 cm³/mol. The molecule has 0 bridgehead atoms. The molecule has 2 aromatic carbocycles. The minimum Gasteiger partial charge on any atom is -0.497 e. The highest BCUT2D eigenvalue weighted by molar-refractivity contribution is 6.31. The SMILES string of the molecule is COc1ccc(NC(=O)C(C)(C)c2c[nH]c3cc(Cl)ccc23)cc1. The molecule has 0 saturated heterocycles. The van der Waals surface area contributed by atoms with Gasteiger partial charge in [-0.3, -0.25) is 4.79 Å². The van der Waals surface area contributed by atoms with E-state index in [1.54, 1.807) is 7.11 Å². The summed E-state index contributed by atoms with van der Waals surface area (Å²) in [5.41, 5.74) is 1.88. The molecule has 0 spiro atoms. The molecule has 0 saturated carbocycles. The number of benzene rings is 2. The van der Waals surface area contributed by atoms with Gasteiger partial charge in [-0.15, -0.1) is 0 Å². The monoisotopic (exact) mass is 342 g/mol. The minimum absolute atomic E-state index is 0.0801. The highest BCUT2D eigenvalue weighted by Crippen LogP contribution is 2.32. The number of H-pyrrole nitrogens is 1. The Morgan fingerprint density at radius 3 is 2.54 bits per heavy atom. The highest BCUT2D eigenvalue weighted by atomic mass is 35.5. The molecule has 2 N–H and O–H groups in total. The Hall–Kier alpha value is -2.46. The fourth-order valence-corrected chi connectivity index (χ4v) is 2.87. The van der Waals surface area contributed by atoms with Crippen molar-refractivity contribution in [3.8, 4) is 5.75 Å². The number of carbonyl (C=O) groups excluding carboxylic acids is 1. The van der Waals surface area contributed by atoms with Gasteiger partial charge in [0.2, 0.25) is 5.91 Å². The maximum Gasteiger partial charge on any atom is 0.234 e. The Kier molecular flexibility index (Phi) is 4.24. The van der Waals surface area contributed by atoms with Gasteiger partial charge in [-0.25, -0.2) is 0 Å². The molecule has 3 aromatic rings. The van der Waals surface area contributed by atoms with Crippen molar-refractivity contribution in [2.75, 3.05) is 12.4 Å². The first-order valence-electron chi connectivity index (χ1n) is 7.64. The fourth-order valence-electron chi connectivity index (χ4n) is 2.70. The van der Waals surface area contributed by atoms with Gasteiger partial charge in [-0.05, 0) is 55.8 Å². The third-order valence-corrected chi connectivity index (χ3v) is 4.47. The second-order valence-electron chi connectivity index (χ2n) is 6.20. The van der Waals surface area contributed by atoms with E-state index in [4.69, 9.17) is 16.3 Å². The molecule has 0 radical (unpaired) electrons. The van der Waals surface area contributed by atoms with E-state index in [2.05, 4.69) is 10.3 Å². The van der Waals surface area contributed by atoms with Crippen LogP contribution in [0, 0.1) is 0 Å². The standard InChI is InChI=1S/C19H19ClN2O2/c1-19(2,16-11-21-17-10-12(20)4-9-15(16)17)18(23)22-13-5-7-14(24-3)8-6-13/h4-11,21H,1-3H3,(H,22,23). The van der Waals surface area contributed by atoms with E-state index in [0.29, 0.717) is 5.02 Å². The first-order valence-corrected chi connectivity index (χ1v) is 8.02.